The van der Waals surface area contributed by atoms with Gasteiger partial charge in [-0.3, -0.25) is 4.90 Å². The van der Waals surface area contributed by atoms with Gasteiger partial charge in [0.15, 0.2) is 0 Å². The summed E-state index contributed by atoms with van der Waals surface area (Å²) >= 11 is 0. The van der Waals surface area contributed by atoms with Crippen LogP contribution in [0.2, 0.25) is 0 Å². The van der Waals surface area contributed by atoms with Crippen LogP contribution in [0.25, 0.3) is 0 Å². The molecule has 0 heterocycles. The molecule has 4 nitrogen and oxygen atoms in total. The van der Waals surface area contributed by atoms with Crippen LogP contribution in [0.5, 0.6) is 0 Å². The van der Waals surface area contributed by atoms with Crippen molar-refractivity contribution >= 4 is 0 Å². The van der Waals surface area contributed by atoms with E-state index in [1.165, 1.54) is 0 Å². The molecule has 0 saturated heterocycles. The lowest BCUT2D eigenvalue weighted by molar-refractivity contribution is 0.0116. The molecule has 0 aliphatic carbocycles. The Morgan fingerprint density at radius 1 is 1.07 bits per heavy atom. The molecule has 0 spiro atoms. The smallest absolute Gasteiger partial charge is 0.0701 e. The first-order valence-corrected chi connectivity index (χ1v) is 5.02. The van der Waals surface area contributed by atoms with Gasteiger partial charge in [0.2, 0.25) is 0 Å². The molecule has 0 aromatic carbocycles. The van der Waals surface area contributed by atoms with Gasteiger partial charge in [-0.1, -0.05) is 6.92 Å². The van der Waals surface area contributed by atoms with E-state index in [-0.39, 0.29) is 0 Å². The fourth-order valence-corrected chi connectivity index (χ4v) is 1.11. The van der Waals surface area contributed by atoms with E-state index in [1.54, 1.807) is 14.2 Å². The Balaban J connectivity index is 3.61. The number of methoxy groups -OCH3 is 2. The SMILES string of the molecule is CCN(C)C(COC)COCCOC. The molecule has 4 heteroatoms. The Morgan fingerprint density at radius 2 is 1.79 bits per heavy atom. The molecule has 14 heavy (non-hydrogen) atoms. The average Bonchev–Trinajstić information content (AvgIpc) is 2.21. The van der Waals surface area contributed by atoms with Gasteiger partial charge in [0.05, 0.1) is 32.5 Å². The molecule has 0 aliphatic heterocycles. The molecule has 0 N–H and O–H groups in total. The van der Waals surface area contributed by atoms with Gasteiger partial charge < -0.3 is 14.2 Å². The third-order valence-corrected chi connectivity index (χ3v) is 2.22. The van der Waals surface area contributed by atoms with E-state index in [1.807, 2.05) is 0 Å². The number of hydrogen-bond donors (Lipinski definition) is 0. The van der Waals surface area contributed by atoms with E-state index in [2.05, 4.69) is 18.9 Å². The second-order valence-electron chi connectivity index (χ2n) is 3.25. The maximum Gasteiger partial charge on any atom is 0.0701 e. The molecule has 1 unspecified atom stereocenters. The highest BCUT2D eigenvalue weighted by atomic mass is 16.5. The summed E-state index contributed by atoms with van der Waals surface area (Å²) < 4.78 is 15.5. The van der Waals surface area contributed by atoms with Gasteiger partial charge in [-0.2, -0.15) is 0 Å². The summed E-state index contributed by atoms with van der Waals surface area (Å²) in [4.78, 5) is 2.22. The van der Waals surface area contributed by atoms with E-state index >= 15 is 0 Å². The predicted molar refractivity (Wildman–Crippen MR) is 56.7 cm³/mol. The van der Waals surface area contributed by atoms with Crippen molar-refractivity contribution in [1.29, 1.82) is 0 Å². The maximum atomic E-state index is 5.47. The Kier molecular flexibility index (Phi) is 9.29. The quantitative estimate of drug-likeness (QED) is 0.516. The second-order valence-corrected chi connectivity index (χ2v) is 3.25. The molecule has 1 atom stereocenters. The van der Waals surface area contributed by atoms with Gasteiger partial charge in [0, 0.05) is 14.2 Å². The molecule has 0 aliphatic rings. The minimum absolute atomic E-state index is 0.335. The lowest BCUT2D eigenvalue weighted by Crippen LogP contribution is -2.39. The lowest BCUT2D eigenvalue weighted by atomic mass is 10.3. The molecule has 0 saturated carbocycles. The van der Waals surface area contributed by atoms with Crippen LogP contribution in [-0.2, 0) is 14.2 Å². The van der Waals surface area contributed by atoms with E-state index in [9.17, 15) is 0 Å². The van der Waals surface area contributed by atoms with Gasteiger partial charge in [0.1, 0.15) is 0 Å². The highest BCUT2D eigenvalue weighted by Gasteiger charge is 2.12. The monoisotopic (exact) mass is 205 g/mol. The maximum absolute atomic E-state index is 5.47. The standard InChI is InChI=1S/C10H23NO3/c1-5-11(2)10(8-13-4)9-14-7-6-12-3/h10H,5-9H2,1-4H3. The van der Waals surface area contributed by atoms with Crippen molar-refractivity contribution in [1.82, 2.24) is 4.90 Å². The highest BCUT2D eigenvalue weighted by Crippen LogP contribution is 1.97. The molecular formula is C10H23NO3. The first kappa shape index (κ1) is 13.8. The summed E-state index contributed by atoms with van der Waals surface area (Å²) in [6, 6.07) is 0.335. The summed E-state index contributed by atoms with van der Waals surface area (Å²) in [5.74, 6) is 0. The number of hydrogen-bond acceptors (Lipinski definition) is 4. The third-order valence-electron chi connectivity index (χ3n) is 2.22. The zero-order valence-electron chi connectivity index (χ0n) is 9.78. The van der Waals surface area contributed by atoms with E-state index < -0.39 is 0 Å². The van der Waals surface area contributed by atoms with E-state index in [4.69, 9.17) is 14.2 Å². The third kappa shape index (κ3) is 6.32. The first-order chi connectivity index (χ1) is 6.76. The van der Waals surface area contributed by atoms with Crippen LogP contribution in [0.1, 0.15) is 6.92 Å². The van der Waals surface area contributed by atoms with Crippen LogP contribution in [0.15, 0.2) is 0 Å². The Labute approximate surface area is 87.1 Å². The van der Waals surface area contributed by atoms with Gasteiger partial charge in [-0.15, -0.1) is 0 Å². The number of likely N-dealkylation sites (N-methyl/N-ethyl adjacent to an activating group) is 1. The highest BCUT2D eigenvalue weighted by molar-refractivity contribution is 4.66. The molecule has 0 amide bonds. The van der Waals surface area contributed by atoms with Crippen molar-refractivity contribution in [3.8, 4) is 0 Å². The van der Waals surface area contributed by atoms with Crippen LogP contribution < -0.4 is 0 Å². The van der Waals surface area contributed by atoms with Crippen molar-refractivity contribution < 1.29 is 14.2 Å². The summed E-state index contributed by atoms with van der Waals surface area (Å²) in [6.45, 7) is 5.82. The van der Waals surface area contributed by atoms with Crippen molar-refractivity contribution in [2.24, 2.45) is 0 Å². The molecule has 0 fully saturated rings. The Bertz CT molecular complexity index is 122. The zero-order chi connectivity index (χ0) is 10.8. The summed E-state index contributed by atoms with van der Waals surface area (Å²) in [7, 11) is 5.46. The van der Waals surface area contributed by atoms with Gasteiger partial charge in [0.25, 0.3) is 0 Å². The van der Waals surface area contributed by atoms with Crippen LogP contribution in [-0.4, -0.2) is 65.2 Å². The van der Waals surface area contributed by atoms with Gasteiger partial charge in [-0.05, 0) is 13.6 Å². The fourth-order valence-electron chi connectivity index (χ4n) is 1.11. The number of nitrogens with zero attached hydrogens (tertiary/aromatic N) is 1. The second kappa shape index (κ2) is 9.40. The topological polar surface area (TPSA) is 30.9 Å². The van der Waals surface area contributed by atoms with Crippen LogP contribution in [0.4, 0.5) is 0 Å². The fraction of sp³-hybridized carbons (Fsp3) is 1.00. The molecule has 0 rings (SSSR count). The summed E-state index contributed by atoms with van der Waals surface area (Å²) in [6.07, 6.45) is 0. The largest absolute Gasteiger partial charge is 0.383 e. The lowest BCUT2D eigenvalue weighted by Gasteiger charge is -2.25. The summed E-state index contributed by atoms with van der Waals surface area (Å²) in [5, 5.41) is 0. The molecule has 0 aromatic heterocycles. The van der Waals surface area contributed by atoms with Gasteiger partial charge in [-0.25, -0.2) is 0 Å². The van der Waals surface area contributed by atoms with Crippen molar-refractivity contribution in [3.63, 3.8) is 0 Å². The Morgan fingerprint density at radius 3 is 2.29 bits per heavy atom. The molecule has 86 valence electrons. The minimum Gasteiger partial charge on any atom is -0.383 e. The van der Waals surface area contributed by atoms with E-state index in [0.29, 0.717) is 32.5 Å². The molecule has 0 bridgehead atoms. The molecule has 0 aromatic rings. The van der Waals surface area contributed by atoms with Crippen LogP contribution >= 0.6 is 0 Å². The molecule has 0 radical (unpaired) electrons. The minimum atomic E-state index is 0.335. The summed E-state index contributed by atoms with van der Waals surface area (Å²) in [5.41, 5.74) is 0. The van der Waals surface area contributed by atoms with Crippen molar-refractivity contribution in [2.45, 2.75) is 13.0 Å². The number of rotatable bonds is 9. The normalized spacial score (nSPS) is 13.5. The van der Waals surface area contributed by atoms with Crippen molar-refractivity contribution in [2.75, 3.05) is 54.2 Å². The first-order valence-electron chi connectivity index (χ1n) is 5.02. The number of ether oxygens (including phenoxy) is 3. The van der Waals surface area contributed by atoms with E-state index in [0.717, 1.165) is 6.54 Å². The zero-order valence-corrected chi connectivity index (χ0v) is 9.78. The Hall–Kier alpha value is -0.160. The van der Waals surface area contributed by atoms with Gasteiger partial charge >= 0.3 is 0 Å². The average molecular weight is 205 g/mol. The van der Waals surface area contributed by atoms with Crippen molar-refractivity contribution in [3.05, 3.63) is 0 Å². The van der Waals surface area contributed by atoms with Crippen LogP contribution in [0.3, 0.4) is 0 Å². The van der Waals surface area contributed by atoms with Crippen LogP contribution in [0, 0.1) is 0 Å². The molecular weight excluding hydrogens is 182 g/mol. The predicted octanol–water partition coefficient (Wildman–Crippen LogP) is 0.616.